The first-order valence-corrected chi connectivity index (χ1v) is 40.5. The minimum absolute atomic E-state index is 0. The highest BCUT2D eigenvalue weighted by atomic mass is 35.7. The molecule has 2 aliphatic heterocycles. The Morgan fingerprint density at radius 3 is 1.15 bits per heavy atom. The van der Waals surface area contributed by atoms with Crippen molar-refractivity contribution in [2.45, 2.75) is 88.0 Å². The number of benzene rings is 7. The molecule has 0 aromatic heterocycles. The number of ketones is 3. The molecule has 7 aromatic rings. The van der Waals surface area contributed by atoms with E-state index >= 15 is 0 Å². The highest BCUT2D eigenvalue weighted by Crippen LogP contribution is 2.27. The number of Topliss-reactive ketones (excluding diaryl/α,β-unsaturated/α-hetero) is 3. The highest BCUT2D eigenvalue weighted by molar-refractivity contribution is 8.13. The topological polar surface area (TPSA) is 460 Å². The number of fused-ring (bicyclic) bond motifs is 1. The van der Waals surface area contributed by atoms with Gasteiger partial charge in [0.1, 0.15) is 9.79 Å². The number of halogens is 1. The number of hydrogen-bond donors (Lipinski definition) is 4. The van der Waals surface area contributed by atoms with Gasteiger partial charge in [0.05, 0.1) is 53.8 Å². The van der Waals surface area contributed by atoms with Gasteiger partial charge in [-0.15, -0.1) is 0 Å². The molecule has 1 saturated heterocycles. The molecule has 2 aliphatic rings. The number of nitrogens with one attached hydrogen (secondary N) is 2. The van der Waals surface area contributed by atoms with Crippen LogP contribution in [0.25, 0.3) is 0 Å². The molecule has 7 aromatic carbocycles. The predicted octanol–water partition coefficient (Wildman–Crippen LogP) is 7.79. The number of hydroxylamine groups is 2. The van der Waals surface area contributed by atoms with Gasteiger partial charge in [-0.2, -0.15) is 16.8 Å². The number of carbonyl (C=O) groups excluding carboxylic acids is 6. The van der Waals surface area contributed by atoms with E-state index in [9.17, 15) is 92.5 Å². The number of amides is 2. The average molecular weight is 1550 g/mol. The smallest absolute Gasteiger partial charge is 0.355 e. The first kappa shape index (κ1) is 87.3. The van der Waals surface area contributed by atoms with Gasteiger partial charge in [-0.3, -0.25) is 33.4 Å². The fraction of sp³-hybridized carbons (Fsp3) is 0.222. The van der Waals surface area contributed by atoms with Crippen LogP contribution >= 0.6 is 10.7 Å². The van der Waals surface area contributed by atoms with Crippen molar-refractivity contribution in [3.63, 3.8) is 0 Å². The highest BCUT2D eigenvalue weighted by Gasteiger charge is 2.34. The standard InChI is InChI=1S/C13H17NO5S.C9H10O4S.C9H10O3S.C8H7ClO3S.C8H9NO4S.C8H8O4S.C7H4O4S.CH4/c1-20(16,17)11-7-3-2-6-10(11)13(15)14-19-12-8-4-5-9-18-12;1-7(10)8-5-3-4-6-9(8)14(11,12)13-2;1-7(10)8-5-3-4-6-9(8)13(2,11)12;1-6(10)7-4-2-3-5-8(7)13(9,11)12;1-14(12,13)7-5-3-2-4-6(7)8(10)9-11;1-13(11,12)7-5-3-2-4-6(7)8(9)10;8-7-5-3-1-2-4-6(5)12(9,10)11-7;/h2-3,6-7,12H,4-5,8-9H2,1H3,(H,14,15);3-6H,1-2H3;3-6H,1-2H3;2-5H,1H3;2-5,11H,1H3,(H,9,10);2-5H,1H3,(H,9,10);1-4H;1H4. The molecule has 1 atom stereocenters. The normalized spacial score (nSPS) is 13.6. The van der Waals surface area contributed by atoms with E-state index in [1.54, 1.807) is 54.6 Å². The minimum Gasteiger partial charge on any atom is -0.478 e. The third-order valence-corrected chi connectivity index (χ3v) is 21.2. The maximum Gasteiger partial charge on any atom is 0.355 e. The summed E-state index contributed by atoms with van der Waals surface area (Å²) in [5, 5.41) is 17.0. The molecule has 0 saturated carbocycles. The van der Waals surface area contributed by atoms with E-state index in [2.05, 4.69) is 13.8 Å². The zero-order valence-electron chi connectivity index (χ0n) is 53.4. The Hall–Kier alpha value is -8.79. The Morgan fingerprint density at radius 2 is 0.820 bits per heavy atom. The first-order chi connectivity index (χ1) is 45.8. The molecular formula is C63H69ClN2O27S7. The van der Waals surface area contributed by atoms with Crippen molar-refractivity contribution < 1.29 is 121 Å². The Balaban J connectivity index is 0.000000399. The van der Waals surface area contributed by atoms with Crippen molar-refractivity contribution in [3.8, 4) is 0 Å². The summed E-state index contributed by atoms with van der Waals surface area (Å²) in [6.45, 7) is 4.55. The van der Waals surface area contributed by atoms with Gasteiger partial charge < -0.3 is 14.0 Å². The molecule has 37 heteroatoms. The summed E-state index contributed by atoms with van der Waals surface area (Å²) in [6.07, 6.45) is 6.31. The van der Waals surface area contributed by atoms with Crippen molar-refractivity contribution in [2.24, 2.45) is 0 Å². The molecule has 29 nitrogen and oxygen atoms in total. The third-order valence-electron chi connectivity index (χ3n) is 12.6. The maximum absolute atomic E-state index is 12.0. The van der Waals surface area contributed by atoms with Crippen molar-refractivity contribution in [2.75, 3.05) is 38.7 Å². The molecule has 0 radical (unpaired) electrons. The third kappa shape index (κ3) is 26.7. The lowest BCUT2D eigenvalue weighted by atomic mass is 10.1. The largest absolute Gasteiger partial charge is 0.478 e. The molecule has 2 heterocycles. The van der Waals surface area contributed by atoms with Gasteiger partial charge in [-0.1, -0.05) is 111 Å². The van der Waals surface area contributed by atoms with Crippen LogP contribution < -0.4 is 11.0 Å². The summed E-state index contributed by atoms with van der Waals surface area (Å²) in [7, 11) is -18.9. The molecule has 542 valence electrons. The van der Waals surface area contributed by atoms with Crippen LogP contribution in [-0.4, -0.2) is 155 Å². The summed E-state index contributed by atoms with van der Waals surface area (Å²) >= 11 is 0. The molecule has 1 fully saturated rings. The molecule has 0 spiro atoms. The van der Waals surface area contributed by atoms with Gasteiger partial charge in [0.15, 0.2) is 63.0 Å². The molecule has 0 aliphatic carbocycles. The molecule has 0 bridgehead atoms. The van der Waals surface area contributed by atoms with E-state index in [0.717, 1.165) is 45.0 Å². The van der Waals surface area contributed by atoms with E-state index in [1.807, 2.05) is 0 Å². The summed E-state index contributed by atoms with van der Waals surface area (Å²) in [5.74, 6) is -4.33. The molecule has 9 rings (SSSR count). The van der Waals surface area contributed by atoms with E-state index in [0.29, 0.717) is 13.0 Å². The van der Waals surface area contributed by atoms with Gasteiger partial charge in [-0.25, -0.2) is 67.5 Å². The Morgan fingerprint density at radius 1 is 0.490 bits per heavy atom. The predicted molar refractivity (Wildman–Crippen MR) is 362 cm³/mol. The summed E-state index contributed by atoms with van der Waals surface area (Å²) in [5.41, 5.74) is 4.08. The van der Waals surface area contributed by atoms with E-state index in [1.165, 1.54) is 142 Å². The van der Waals surface area contributed by atoms with Crippen LogP contribution in [0.1, 0.15) is 120 Å². The second-order valence-electron chi connectivity index (χ2n) is 20.2. The Labute approximate surface area is 583 Å². The van der Waals surface area contributed by atoms with Crippen LogP contribution in [0.5, 0.6) is 0 Å². The zero-order valence-corrected chi connectivity index (χ0v) is 59.9. The molecule has 2 amide bonds. The Kier molecular flexibility index (Phi) is 33.3. The van der Waals surface area contributed by atoms with Crippen molar-refractivity contribution in [1.29, 1.82) is 0 Å². The lowest BCUT2D eigenvalue weighted by Gasteiger charge is -2.22. The van der Waals surface area contributed by atoms with Crippen molar-refractivity contribution >= 4 is 120 Å². The number of ether oxygens (including phenoxy) is 1. The second kappa shape index (κ2) is 38.1. The number of sulfone groups is 4. The van der Waals surface area contributed by atoms with Crippen LogP contribution in [0.3, 0.4) is 0 Å². The fourth-order valence-corrected chi connectivity index (χ4v) is 14.8. The van der Waals surface area contributed by atoms with E-state index < -0.39 is 98.7 Å². The van der Waals surface area contributed by atoms with Gasteiger partial charge in [0, 0.05) is 65.4 Å². The van der Waals surface area contributed by atoms with Gasteiger partial charge in [0.2, 0.25) is 0 Å². The van der Waals surface area contributed by atoms with Crippen LogP contribution in [0.15, 0.2) is 204 Å². The van der Waals surface area contributed by atoms with E-state index in [4.69, 9.17) is 30.6 Å². The van der Waals surface area contributed by atoms with Gasteiger partial charge in [0.25, 0.3) is 31.0 Å². The quantitative estimate of drug-likeness (QED) is 0.0250. The summed E-state index contributed by atoms with van der Waals surface area (Å²) in [4.78, 5) is 82.4. The van der Waals surface area contributed by atoms with Gasteiger partial charge in [-0.05, 0) is 100 Å². The summed E-state index contributed by atoms with van der Waals surface area (Å²) in [6, 6.07) is 41.0. The minimum atomic E-state index is -3.83. The number of hydrogen-bond acceptors (Lipinski definition) is 26. The van der Waals surface area contributed by atoms with Crippen LogP contribution in [0.4, 0.5) is 0 Å². The molecule has 4 N–H and O–H groups in total. The fourth-order valence-electron chi connectivity index (χ4n) is 8.12. The molecular weight excluding hydrogens is 1480 g/mol. The first-order valence-electron chi connectivity index (χ1n) is 27.8. The number of rotatable bonds is 15. The molecule has 1 unspecified atom stereocenters. The second-order valence-corrected chi connectivity index (χ2v) is 33.9. The SMILES string of the molecule is C.CC(=O)c1ccccc1S(=O)(=O)Cl.CC(=O)c1ccccc1S(C)(=O)=O.COS(=O)(=O)c1ccccc1C(C)=O.CS(=O)(=O)c1ccccc1C(=O)NO.CS(=O)(=O)c1ccccc1C(=O)NOC1CCCCO1.CS(=O)(=O)c1ccccc1C(=O)O.O=C1OS(=O)(=O)c2ccccc21. The molecule has 100 heavy (non-hydrogen) atoms. The Bertz CT molecular complexity index is 4780. The lowest BCUT2D eigenvalue weighted by Crippen LogP contribution is -2.33. The summed E-state index contributed by atoms with van der Waals surface area (Å²) < 4.78 is 171. The number of aromatic carboxylic acids is 1. The number of carbonyl (C=O) groups is 7. The monoisotopic (exact) mass is 1540 g/mol. The number of carboxylic acid groups (broad SMARTS) is 1. The van der Waals surface area contributed by atoms with Crippen LogP contribution in [-0.2, 0) is 86.6 Å². The van der Waals surface area contributed by atoms with Crippen LogP contribution in [0.2, 0.25) is 0 Å². The lowest BCUT2D eigenvalue weighted by molar-refractivity contribution is -0.186. The number of carboxylic acids is 1. The van der Waals surface area contributed by atoms with Crippen molar-refractivity contribution in [1.82, 2.24) is 11.0 Å². The zero-order chi connectivity index (χ0) is 75.1. The van der Waals surface area contributed by atoms with Gasteiger partial charge >= 0.3 is 22.1 Å². The van der Waals surface area contributed by atoms with Crippen molar-refractivity contribution in [3.05, 3.63) is 209 Å². The average Bonchev–Trinajstić information content (AvgIpc) is 1.60. The van der Waals surface area contributed by atoms with E-state index in [-0.39, 0.29) is 98.0 Å². The van der Waals surface area contributed by atoms with Crippen LogP contribution in [0, 0.1) is 0 Å². The maximum atomic E-state index is 12.0.